The number of nitrogens with zero attached hydrogens (tertiary/aromatic N) is 1. The first-order valence-electron chi connectivity index (χ1n) is 4.57. The number of rotatable bonds is 1. The van der Waals surface area contributed by atoms with E-state index in [0.717, 1.165) is 16.9 Å². The second-order valence-electron chi connectivity index (χ2n) is 3.09. The van der Waals surface area contributed by atoms with Crippen molar-refractivity contribution in [1.82, 2.24) is 0 Å². The van der Waals surface area contributed by atoms with E-state index in [1.54, 1.807) is 31.4 Å². The Bertz CT molecular complexity index is 526. The van der Waals surface area contributed by atoms with Crippen molar-refractivity contribution in [2.75, 3.05) is 7.11 Å². The summed E-state index contributed by atoms with van der Waals surface area (Å²) in [6.07, 6.45) is 7.41. The van der Waals surface area contributed by atoms with Gasteiger partial charge in [-0.3, -0.25) is 0 Å². The second-order valence-corrected chi connectivity index (χ2v) is 3.09. The Morgan fingerprint density at radius 2 is 2.20 bits per heavy atom. The van der Waals surface area contributed by atoms with Crippen LogP contribution in [-0.4, -0.2) is 7.11 Å². The van der Waals surface area contributed by atoms with Crippen LogP contribution in [0.3, 0.4) is 0 Å². The summed E-state index contributed by atoms with van der Waals surface area (Å²) in [5.41, 5.74) is 5.41. The maximum Gasteiger partial charge on any atom is 0.126 e. The minimum Gasteiger partial charge on any atom is -0.496 e. The first kappa shape index (κ1) is 9.33. The van der Waals surface area contributed by atoms with Gasteiger partial charge in [-0.25, -0.2) is 0 Å². The Morgan fingerprint density at radius 3 is 2.93 bits per heavy atom. The van der Waals surface area contributed by atoms with E-state index in [1.807, 2.05) is 12.2 Å². The van der Waals surface area contributed by atoms with Crippen LogP contribution in [0.1, 0.15) is 16.7 Å². The molecule has 1 aliphatic rings. The number of ether oxygens (including phenoxy) is 1. The third-order valence-corrected chi connectivity index (χ3v) is 2.27. The van der Waals surface area contributed by atoms with Gasteiger partial charge in [0.25, 0.3) is 0 Å². The van der Waals surface area contributed by atoms with Gasteiger partial charge in [0.1, 0.15) is 5.75 Å². The van der Waals surface area contributed by atoms with Crippen molar-refractivity contribution in [1.29, 1.82) is 5.26 Å². The molecule has 0 bridgehead atoms. The van der Waals surface area contributed by atoms with E-state index in [9.17, 15) is 0 Å². The highest BCUT2D eigenvalue weighted by molar-refractivity contribution is 5.76. The molecule has 0 atom stereocenters. The first-order chi connectivity index (χ1) is 7.36. The Balaban J connectivity index is 2.77. The SMILES string of the molecule is COc1ccc(C#N)c2c1C=CC=C=C2. The van der Waals surface area contributed by atoms with Gasteiger partial charge in [0.05, 0.1) is 18.7 Å². The molecule has 15 heavy (non-hydrogen) atoms. The third kappa shape index (κ3) is 1.57. The lowest BCUT2D eigenvalue weighted by atomic mass is 10.0. The number of allylic oxidation sites excluding steroid dienone is 2. The van der Waals surface area contributed by atoms with Crippen LogP contribution in [0.15, 0.2) is 30.0 Å². The van der Waals surface area contributed by atoms with E-state index in [-0.39, 0.29) is 0 Å². The standard InChI is InChI=1S/C13H9NO/c1-15-13-8-7-10(9-14)11-5-3-2-4-6-12(11)13/h2,4-8H,1H3. The van der Waals surface area contributed by atoms with Gasteiger partial charge >= 0.3 is 0 Å². The zero-order valence-corrected chi connectivity index (χ0v) is 8.32. The van der Waals surface area contributed by atoms with E-state index in [0.29, 0.717) is 5.56 Å². The van der Waals surface area contributed by atoms with Crippen molar-refractivity contribution in [3.8, 4) is 11.8 Å². The number of methoxy groups -OCH3 is 1. The van der Waals surface area contributed by atoms with Crippen molar-refractivity contribution >= 4 is 12.2 Å². The van der Waals surface area contributed by atoms with Gasteiger partial charge in [-0.15, -0.1) is 5.73 Å². The molecule has 0 saturated heterocycles. The lowest BCUT2D eigenvalue weighted by Gasteiger charge is -2.08. The predicted molar refractivity (Wildman–Crippen MR) is 59.3 cm³/mol. The maximum atomic E-state index is 8.98. The molecule has 0 aliphatic heterocycles. The molecule has 1 aromatic carbocycles. The summed E-state index contributed by atoms with van der Waals surface area (Å²) in [6.45, 7) is 0. The molecule has 0 spiro atoms. The molecule has 0 unspecified atom stereocenters. The number of fused-ring (bicyclic) bond motifs is 1. The van der Waals surface area contributed by atoms with Crippen molar-refractivity contribution in [2.24, 2.45) is 0 Å². The molecular weight excluding hydrogens is 186 g/mol. The van der Waals surface area contributed by atoms with Crippen LogP contribution in [-0.2, 0) is 0 Å². The molecule has 0 fully saturated rings. The summed E-state index contributed by atoms with van der Waals surface area (Å²) in [7, 11) is 1.62. The molecule has 2 rings (SSSR count). The van der Waals surface area contributed by atoms with Crippen LogP contribution in [0.4, 0.5) is 0 Å². The van der Waals surface area contributed by atoms with Gasteiger partial charge in [0.15, 0.2) is 0 Å². The lowest BCUT2D eigenvalue weighted by Crippen LogP contribution is -1.92. The molecule has 2 heteroatoms. The van der Waals surface area contributed by atoms with Crippen LogP contribution in [0, 0.1) is 11.3 Å². The van der Waals surface area contributed by atoms with Crippen molar-refractivity contribution in [3.63, 3.8) is 0 Å². The van der Waals surface area contributed by atoms with Crippen molar-refractivity contribution < 1.29 is 4.74 Å². The maximum absolute atomic E-state index is 8.98. The highest BCUT2D eigenvalue weighted by Gasteiger charge is 2.09. The topological polar surface area (TPSA) is 33.0 Å². The van der Waals surface area contributed by atoms with Gasteiger partial charge in [0.2, 0.25) is 0 Å². The smallest absolute Gasteiger partial charge is 0.126 e. The fourth-order valence-corrected chi connectivity index (χ4v) is 1.55. The average Bonchev–Trinajstić information content (AvgIpc) is 2.53. The van der Waals surface area contributed by atoms with E-state index < -0.39 is 0 Å². The Kier molecular flexibility index (Phi) is 2.41. The molecule has 1 aliphatic carbocycles. The average molecular weight is 195 g/mol. The second kappa shape index (κ2) is 3.88. The molecule has 0 saturated carbocycles. The van der Waals surface area contributed by atoms with Gasteiger partial charge < -0.3 is 4.74 Å². The highest BCUT2D eigenvalue weighted by atomic mass is 16.5. The minimum absolute atomic E-state index is 0.637. The molecule has 72 valence electrons. The van der Waals surface area contributed by atoms with E-state index in [2.05, 4.69) is 11.8 Å². The number of nitriles is 1. The summed E-state index contributed by atoms with van der Waals surface area (Å²) in [6, 6.07) is 5.72. The largest absolute Gasteiger partial charge is 0.496 e. The van der Waals surface area contributed by atoms with Crippen LogP contribution in [0.5, 0.6) is 5.75 Å². The molecule has 0 heterocycles. The molecule has 0 aromatic heterocycles. The zero-order valence-electron chi connectivity index (χ0n) is 8.32. The summed E-state index contributed by atoms with van der Waals surface area (Å²) in [5.74, 6) is 0.772. The summed E-state index contributed by atoms with van der Waals surface area (Å²) in [4.78, 5) is 0. The van der Waals surface area contributed by atoms with Crippen molar-refractivity contribution in [2.45, 2.75) is 0 Å². The summed E-state index contributed by atoms with van der Waals surface area (Å²) >= 11 is 0. The van der Waals surface area contributed by atoms with Crippen LogP contribution >= 0.6 is 0 Å². The first-order valence-corrected chi connectivity index (χ1v) is 4.57. The van der Waals surface area contributed by atoms with Gasteiger partial charge in [-0.1, -0.05) is 6.08 Å². The van der Waals surface area contributed by atoms with Crippen molar-refractivity contribution in [3.05, 3.63) is 46.7 Å². The normalized spacial score (nSPS) is 11.7. The van der Waals surface area contributed by atoms with Crippen LogP contribution in [0.2, 0.25) is 0 Å². The summed E-state index contributed by atoms with van der Waals surface area (Å²) in [5, 5.41) is 8.98. The van der Waals surface area contributed by atoms with Gasteiger partial charge in [-0.05, 0) is 30.4 Å². The van der Waals surface area contributed by atoms with E-state index in [4.69, 9.17) is 10.00 Å². The fourth-order valence-electron chi connectivity index (χ4n) is 1.55. The number of hydrogen-bond donors (Lipinski definition) is 0. The quantitative estimate of drug-likeness (QED) is 0.645. The fraction of sp³-hybridized carbons (Fsp3) is 0.0769. The lowest BCUT2D eigenvalue weighted by molar-refractivity contribution is 0.413. The Hall–Kier alpha value is -2.23. The van der Waals surface area contributed by atoms with Crippen LogP contribution < -0.4 is 4.74 Å². The van der Waals surface area contributed by atoms with Crippen LogP contribution in [0.25, 0.3) is 12.2 Å². The van der Waals surface area contributed by atoms with E-state index in [1.165, 1.54) is 0 Å². The van der Waals surface area contributed by atoms with Gasteiger partial charge in [-0.2, -0.15) is 5.26 Å². The predicted octanol–water partition coefficient (Wildman–Crippen LogP) is 2.76. The molecular formula is C13H9NO. The summed E-state index contributed by atoms with van der Waals surface area (Å²) < 4.78 is 5.25. The minimum atomic E-state index is 0.637. The molecule has 0 N–H and O–H groups in total. The Labute approximate surface area is 88.4 Å². The molecule has 0 amide bonds. The highest BCUT2D eigenvalue weighted by Crippen LogP contribution is 2.28. The Morgan fingerprint density at radius 1 is 1.33 bits per heavy atom. The van der Waals surface area contributed by atoms with Gasteiger partial charge in [0, 0.05) is 11.1 Å². The molecule has 0 radical (unpaired) electrons. The third-order valence-electron chi connectivity index (χ3n) is 2.27. The molecule has 2 nitrogen and oxygen atoms in total. The number of hydrogen-bond acceptors (Lipinski definition) is 2. The van der Waals surface area contributed by atoms with E-state index >= 15 is 0 Å². The monoisotopic (exact) mass is 195 g/mol. The zero-order chi connectivity index (χ0) is 10.7. The number of benzene rings is 1. The molecule has 1 aromatic rings.